The first-order chi connectivity index (χ1) is 7.69. The number of rotatable bonds is 0. The molecule has 0 spiro atoms. The molecule has 16 heavy (non-hydrogen) atoms. The fraction of sp³-hybridized carbons (Fsp3) is 0.333. The Balaban J connectivity index is 0.000000321. The monoisotopic (exact) mass is 348 g/mol. The van der Waals surface area contributed by atoms with Gasteiger partial charge in [0.25, 0.3) is 0 Å². The number of hydrogen-bond donors (Lipinski definition) is 0. The van der Waals surface area contributed by atoms with Gasteiger partial charge < -0.3 is 0 Å². The van der Waals surface area contributed by atoms with E-state index >= 15 is 0 Å². The van der Waals surface area contributed by atoms with E-state index in [1.54, 1.807) is 0 Å². The van der Waals surface area contributed by atoms with Crippen LogP contribution in [0, 0.1) is 6.07 Å². The average Bonchev–Trinajstić information content (AvgIpc) is 2.60. The van der Waals surface area contributed by atoms with E-state index in [9.17, 15) is 0 Å². The Bertz CT molecular complexity index is 325. The molecule has 87 valence electrons. The summed E-state index contributed by atoms with van der Waals surface area (Å²) < 4.78 is 0. The van der Waals surface area contributed by atoms with Crippen LogP contribution >= 0.6 is 17.0 Å². The fourth-order valence-electron chi connectivity index (χ4n) is 1.37. The van der Waals surface area contributed by atoms with Gasteiger partial charge in [-0.2, -0.15) is 0 Å². The van der Waals surface area contributed by atoms with Crippen LogP contribution in [0.4, 0.5) is 0 Å². The first kappa shape index (κ1) is 16.6. The summed E-state index contributed by atoms with van der Waals surface area (Å²) in [6.07, 6.45) is 3.32. The Morgan fingerprint density at radius 1 is 1.38 bits per heavy atom. The number of fused-ring (bicyclic) bond motifs is 1. The molecule has 1 aromatic rings. The molecule has 0 fully saturated rings. The second-order valence-electron chi connectivity index (χ2n) is 3.43. The minimum absolute atomic E-state index is 0.750. The molecule has 0 saturated heterocycles. The summed E-state index contributed by atoms with van der Waals surface area (Å²) in [6, 6.07) is 9.38. The molecule has 0 saturated carbocycles. The molecule has 1 radical (unpaired) electrons. The normalized spacial score (nSPS) is 11.2. The summed E-state index contributed by atoms with van der Waals surface area (Å²) in [6.45, 7) is 6.58. The molecule has 0 heterocycles. The average molecular weight is 350 g/mol. The van der Waals surface area contributed by atoms with Crippen molar-refractivity contribution in [3.8, 4) is 0 Å². The number of allylic oxidation sites excluding steroid dienone is 1. The van der Waals surface area contributed by atoms with Gasteiger partial charge in [0, 0.05) is 9.52 Å². The van der Waals surface area contributed by atoms with E-state index in [1.165, 1.54) is 16.7 Å². The zero-order valence-electron chi connectivity index (χ0n) is 9.85. The number of hydrogen-bond acceptors (Lipinski definition) is 0. The maximum absolute atomic E-state index is 4.93. The molecule has 1 aliphatic rings. The van der Waals surface area contributed by atoms with Crippen LogP contribution < -0.4 is 0 Å². The van der Waals surface area contributed by atoms with Crippen LogP contribution in [-0.2, 0) is 27.3 Å². The zero-order valence-corrected chi connectivity index (χ0v) is 15.0. The predicted molar refractivity (Wildman–Crippen MR) is 73.2 cm³/mol. The molecule has 0 aliphatic heterocycles. The van der Waals surface area contributed by atoms with Gasteiger partial charge >= 0.3 is 37.9 Å². The van der Waals surface area contributed by atoms with Crippen molar-refractivity contribution in [3.05, 3.63) is 41.0 Å². The van der Waals surface area contributed by atoms with Crippen molar-refractivity contribution in [2.45, 2.75) is 26.4 Å². The molecule has 2 rings (SSSR count). The van der Waals surface area contributed by atoms with E-state index in [0.717, 1.165) is 15.9 Å². The summed E-state index contributed by atoms with van der Waals surface area (Å²) in [5, 5.41) is 0. The van der Waals surface area contributed by atoms with Crippen molar-refractivity contribution in [2.75, 3.05) is 0 Å². The molecule has 0 atom stereocenters. The minimum atomic E-state index is -0.826. The van der Waals surface area contributed by atoms with Gasteiger partial charge in [0.1, 0.15) is 0 Å². The van der Waals surface area contributed by atoms with Crippen molar-refractivity contribution in [1.82, 2.24) is 0 Å². The van der Waals surface area contributed by atoms with E-state index in [0.29, 0.717) is 0 Å². The molecular formula is C12H16Cl2SiZr-. The SMILES string of the molecule is CC1=Cc2[c-]cccc2C1.C[SiH]C.[Cl][Zr][Cl]. The zero-order chi connectivity index (χ0) is 12.4. The molecular weight excluding hydrogens is 334 g/mol. The topological polar surface area (TPSA) is 0 Å². The Morgan fingerprint density at radius 2 is 1.94 bits per heavy atom. The Labute approximate surface area is 120 Å². The molecule has 0 amide bonds. The third-order valence-electron chi connectivity index (χ3n) is 1.84. The molecule has 1 aliphatic carbocycles. The van der Waals surface area contributed by atoms with Gasteiger partial charge in [-0.15, -0.1) is 47.0 Å². The third kappa shape index (κ3) is 7.06. The third-order valence-corrected chi connectivity index (χ3v) is 1.84. The van der Waals surface area contributed by atoms with Crippen LogP contribution in [0.3, 0.4) is 0 Å². The summed E-state index contributed by atoms with van der Waals surface area (Å²) in [5.41, 5.74) is 4.14. The first-order valence-electron chi connectivity index (χ1n) is 5.06. The van der Waals surface area contributed by atoms with E-state index in [-0.39, 0.29) is 0 Å². The van der Waals surface area contributed by atoms with Crippen molar-refractivity contribution >= 4 is 32.6 Å². The molecule has 0 bridgehead atoms. The van der Waals surface area contributed by atoms with Crippen molar-refractivity contribution in [3.63, 3.8) is 0 Å². The van der Waals surface area contributed by atoms with Crippen LogP contribution in [-0.4, -0.2) is 9.52 Å². The van der Waals surface area contributed by atoms with Crippen molar-refractivity contribution in [2.24, 2.45) is 0 Å². The summed E-state index contributed by atoms with van der Waals surface area (Å²) >= 11 is -0.826. The Morgan fingerprint density at radius 3 is 2.44 bits per heavy atom. The summed E-state index contributed by atoms with van der Waals surface area (Å²) in [5.74, 6) is 0. The first-order valence-corrected chi connectivity index (χ1v) is 13.7. The van der Waals surface area contributed by atoms with E-state index in [2.05, 4.69) is 38.2 Å². The molecule has 0 aromatic heterocycles. The van der Waals surface area contributed by atoms with Crippen LogP contribution in [0.15, 0.2) is 23.8 Å². The van der Waals surface area contributed by atoms with Crippen LogP contribution in [0.1, 0.15) is 18.1 Å². The van der Waals surface area contributed by atoms with Gasteiger partial charge in [-0.1, -0.05) is 20.0 Å². The van der Waals surface area contributed by atoms with E-state index in [4.69, 9.17) is 17.0 Å². The maximum atomic E-state index is 4.93. The molecule has 0 nitrogen and oxygen atoms in total. The molecule has 4 heteroatoms. The second kappa shape index (κ2) is 10.8. The number of halogens is 2. The van der Waals surface area contributed by atoms with Gasteiger partial charge in [0.15, 0.2) is 0 Å². The van der Waals surface area contributed by atoms with Gasteiger partial charge in [0.05, 0.1) is 0 Å². The summed E-state index contributed by atoms with van der Waals surface area (Å²) in [7, 11) is 10.6. The standard InChI is InChI=1S/C10H9.C2H7Si.2ClH.Zr/c1-8-6-9-4-2-3-5-10(9)7-8;1-3-2;;;/h2-4,7H,6H2,1H3;3H,1-2H3;2*1H;/q-1;;;;+2/p-2. The van der Waals surface area contributed by atoms with Gasteiger partial charge in [-0.05, 0) is 6.42 Å². The van der Waals surface area contributed by atoms with Crippen LogP contribution in [0.2, 0.25) is 13.1 Å². The predicted octanol–water partition coefficient (Wildman–Crippen LogP) is 4.34. The van der Waals surface area contributed by atoms with Crippen molar-refractivity contribution < 1.29 is 20.8 Å². The van der Waals surface area contributed by atoms with Gasteiger partial charge in [-0.3, -0.25) is 0 Å². The Hall–Kier alpha value is 0.640. The molecule has 0 N–H and O–H groups in total. The number of benzene rings is 1. The van der Waals surface area contributed by atoms with Gasteiger partial charge in [-0.25, -0.2) is 0 Å². The molecule has 1 aromatic carbocycles. The van der Waals surface area contributed by atoms with Crippen LogP contribution in [0.25, 0.3) is 6.08 Å². The van der Waals surface area contributed by atoms with Crippen molar-refractivity contribution in [1.29, 1.82) is 0 Å². The van der Waals surface area contributed by atoms with Gasteiger partial charge in [0.2, 0.25) is 0 Å². The van der Waals surface area contributed by atoms with E-state index < -0.39 is 20.8 Å². The Kier molecular flexibility index (Phi) is 11.2. The fourth-order valence-corrected chi connectivity index (χ4v) is 1.37. The van der Waals surface area contributed by atoms with Crippen LogP contribution in [0.5, 0.6) is 0 Å². The second-order valence-corrected chi connectivity index (χ2v) is 8.31. The molecule has 0 unspecified atom stereocenters. The van der Waals surface area contributed by atoms with E-state index in [1.807, 2.05) is 12.1 Å². The quantitative estimate of drug-likeness (QED) is 0.482. The summed E-state index contributed by atoms with van der Waals surface area (Å²) in [4.78, 5) is 0.